The molecule has 1 aromatic rings. The third kappa shape index (κ3) is 1.44. The second-order valence-corrected chi connectivity index (χ2v) is 3.91. The number of aliphatic hydroxyl groups excluding tert-OH is 1. The first-order chi connectivity index (χ1) is 6.74. The number of rotatable bonds is 2. The van der Waals surface area contributed by atoms with Crippen molar-refractivity contribution in [1.29, 1.82) is 0 Å². The maximum atomic E-state index is 9.56. The zero-order chi connectivity index (χ0) is 10.1. The topological polar surface area (TPSA) is 38.7 Å². The van der Waals surface area contributed by atoms with Crippen LogP contribution in [-0.2, 0) is 0 Å². The smallest absolute Gasteiger partial charge is 0.231 e. The summed E-state index contributed by atoms with van der Waals surface area (Å²) in [6.45, 7) is 2.02. The van der Waals surface area contributed by atoms with E-state index in [1.807, 2.05) is 18.4 Å². The fraction of sp³-hybridized carbons (Fsp3) is 0.400. The summed E-state index contributed by atoms with van der Waals surface area (Å²) < 4.78 is 10.6. The van der Waals surface area contributed by atoms with Crippen LogP contribution in [0.2, 0.25) is 0 Å². The average molecular weight is 212 g/mol. The molecular formula is C10H12O3S. The molecule has 0 aliphatic carbocycles. The predicted molar refractivity (Wildman–Crippen MR) is 55.0 cm³/mol. The van der Waals surface area contributed by atoms with Crippen LogP contribution in [0.25, 0.3) is 0 Å². The molecule has 3 nitrogen and oxygen atoms in total. The molecular weight excluding hydrogens is 200 g/mol. The van der Waals surface area contributed by atoms with E-state index in [1.54, 1.807) is 18.7 Å². The van der Waals surface area contributed by atoms with Crippen LogP contribution in [0.5, 0.6) is 11.5 Å². The lowest BCUT2D eigenvalue weighted by molar-refractivity contribution is 0.170. The molecule has 0 amide bonds. The molecule has 14 heavy (non-hydrogen) atoms. The van der Waals surface area contributed by atoms with Crippen LogP contribution in [0.1, 0.15) is 18.6 Å². The highest BCUT2D eigenvalue weighted by atomic mass is 32.2. The maximum Gasteiger partial charge on any atom is 0.231 e. The summed E-state index contributed by atoms with van der Waals surface area (Å²) in [6, 6.07) is 3.72. The summed E-state index contributed by atoms with van der Waals surface area (Å²) in [4.78, 5) is 0.968. The van der Waals surface area contributed by atoms with Crippen molar-refractivity contribution >= 4 is 11.8 Å². The second-order valence-electron chi connectivity index (χ2n) is 3.10. The molecule has 0 bridgehead atoms. The maximum absolute atomic E-state index is 9.56. The zero-order valence-corrected chi connectivity index (χ0v) is 8.93. The number of thioether (sulfide) groups is 1. The highest BCUT2D eigenvalue weighted by molar-refractivity contribution is 7.98. The molecule has 1 heterocycles. The molecule has 2 rings (SSSR count). The molecule has 0 saturated carbocycles. The molecule has 0 radical (unpaired) electrons. The molecule has 1 N–H and O–H groups in total. The first-order valence-corrected chi connectivity index (χ1v) is 5.61. The number of aliphatic hydroxyl groups is 1. The van der Waals surface area contributed by atoms with Crippen LogP contribution in [0.4, 0.5) is 0 Å². The van der Waals surface area contributed by atoms with Gasteiger partial charge in [-0.3, -0.25) is 0 Å². The SMILES string of the molecule is CSc1c(C(C)O)ccc2c1OCO2. The standard InChI is InChI=1S/C10H12O3S/c1-6(11)7-3-4-8-9(10(7)14-2)13-5-12-8/h3-4,6,11H,5H2,1-2H3. The van der Waals surface area contributed by atoms with Crippen LogP contribution >= 0.6 is 11.8 Å². The number of ether oxygens (including phenoxy) is 2. The molecule has 0 spiro atoms. The van der Waals surface area contributed by atoms with Crippen LogP contribution in [0.15, 0.2) is 17.0 Å². The Kier molecular flexibility index (Phi) is 2.56. The van der Waals surface area contributed by atoms with Crippen molar-refractivity contribution in [3.63, 3.8) is 0 Å². The van der Waals surface area contributed by atoms with Gasteiger partial charge in [-0.2, -0.15) is 0 Å². The van der Waals surface area contributed by atoms with Gasteiger partial charge in [-0.05, 0) is 24.8 Å². The van der Waals surface area contributed by atoms with Crippen molar-refractivity contribution in [2.24, 2.45) is 0 Å². The summed E-state index contributed by atoms with van der Waals surface area (Å²) in [7, 11) is 0. The van der Waals surface area contributed by atoms with Crippen molar-refractivity contribution < 1.29 is 14.6 Å². The van der Waals surface area contributed by atoms with Gasteiger partial charge >= 0.3 is 0 Å². The Balaban J connectivity index is 2.54. The Morgan fingerprint density at radius 1 is 1.43 bits per heavy atom. The summed E-state index contributed by atoms with van der Waals surface area (Å²) in [6.07, 6.45) is 1.48. The number of fused-ring (bicyclic) bond motifs is 1. The first kappa shape index (κ1) is 9.68. The molecule has 1 aliphatic heterocycles. The molecule has 1 unspecified atom stereocenters. The van der Waals surface area contributed by atoms with E-state index in [4.69, 9.17) is 9.47 Å². The summed E-state index contributed by atoms with van der Waals surface area (Å²) in [5.41, 5.74) is 0.891. The van der Waals surface area contributed by atoms with Gasteiger partial charge in [0, 0.05) is 0 Å². The minimum Gasteiger partial charge on any atom is -0.454 e. The molecule has 76 valence electrons. The van der Waals surface area contributed by atoms with Crippen molar-refractivity contribution in [3.05, 3.63) is 17.7 Å². The minimum absolute atomic E-state index is 0.270. The lowest BCUT2D eigenvalue weighted by Crippen LogP contribution is -1.96. The quantitative estimate of drug-likeness (QED) is 0.763. The highest BCUT2D eigenvalue weighted by Gasteiger charge is 2.21. The van der Waals surface area contributed by atoms with E-state index in [-0.39, 0.29) is 6.79 Å². The average Bonchev–Trinajstić information content (AvgIpc) is 2.63. The van der Waals surface area contributed by atoms with Gasteiger partial charge in [0.15, 0.2) is 11.5 Å². The van der Waals surface area contributed by atoms with E-state index in [0.717, 1.165) is 22.0 Å². The normalized spacial score (nSPS) is 15.6. The predicted octanol–water partition coefficient (Wildman–Crippen LogP) is 2.19. The van der Waals surface area contributed by atoms with E-state index < -0.39 is 6.10 Å². The van der Waals surface area contributed by atoms with Crippen molar-refractivity contribution in [1.82, 2.24) is 0 Å². The van der Waals surface area contributed by atoms with Crippen molar-refractivity contribution in [3.8, 4) is 11.5 Å². The van der Waals surface area contributed by atoms with Gasteiger partial charge in [-0.1, -0.05) is 6.07 Å². The number of hydrogen-bond donors (Lipinski definition) is 1. The molecule has 0 aromatic heterocycles. The van der Waals surface area contributed by atoms with Crippen molar-refractivity contribution in [2.45, 2.75) is 17.9 Å². The van der Waals surface area contributed by atoms with Crippen LogP contribution in [-0.4, -0.2) is 18.2 Å². The molecule has 4 heteroatoms. The largest absolute Gasteiger partial charge is 0.454 e. The fourth-order valence-corrected chi connectivity index (χ4v) is 2.32. The molecule has 1 aliphatic rings. The van der Waals surface area contributed by atoms with Gasteiger partial charge in [0.25, 0.3) is 0 Å². The molecule has 1 atom stereocenters. The van der Waals surface area contributed by atoms with Crippen LogP contribution in [0.3, 0.4) is 0 Å². The Bertz CT molecular complexity index is 349. The van der Waals surface area contributed by atoms with Gasteiger partial charge < -0.3 is 14.6 Å². The van der Waals surface area contributed by atoms with E-state index in [9.17, 15) is 5.11 Å². The minimum atomic E-state index is -0.480. The number of benzene rings is 1. The lowest BCUT2D eigenvalue weighted by atomic mass is 10.1. The van der Waals surface area contributed by atoms with Gasteiger partial charge in [0.1, 0.15) is 0 Å². The summed E-state index contributed by atoms with van der Waals surface area (Å²) in [5.74, 6) is 1.52. The van der Waals surface area contributed by atoms with Gasteiger partial charge in [0.05, 0.1) is 11.0 Å². The zero-order valence-electron chi connectivity index (χ0n) is 8.11. The second kappa shape index (κ2) is 3.71. The van der Waals surface area contributed by atoms with E-state index in [0.29, 0.717) is 0 Å². The van der Waals surface area contributed by atoms with E-state index in [2.05, 4.69) is 0 Å². The van der Waals surface area contributed by atoms with Crippen molar-refractivity contribution in [2.75, 3.05) is 13.0 Å². The van der Waals surface area contributed by atoms with Crippen LogP contribution in [0, 0.1) is 0 Å². The molecule has 0 fully saturated rings. The third-order valence-corrected chi connectivity index (χ3v) is 3.01. The lowest BCUT2D eigenvalue weighted by Gasteiger charge is -2.11. The van der Waals surface area contributed by atoms with Gasteiger partial charge in [-0.25, -0.2) is 0 Å². The first-order valence-electron chi connectivity index (χ1n) is 4.38. The van der Waals surface area contributed by atoms with E-state index in [1.165, 1.54) is 0 Å². The Hall–Kier alpha value is -0.870. The fourth-order valence-electron chi connectivity index (χ4n) is 1.50. The van der Waals surface area contributed by atoms with E-state index >= 15 is 0 Å². The highest BCUT2D eigenvalue weighted by Crippen LogP contribution is 2.43. The van der Waals surface area contributed by atoms with Gasteiger partial charge in [-0.15, -0.1) is 11.8 Å². The summed E-state index contributed by atoms with van der Waals surface area (Å²) in [5, 5.41) is 9.56. The monoisotopic (exact) mass is 212 g/mol. The summed E-state index contributed by atoms with van der Waals surface area (Å²) >= 11 is 1.56. The molecule has 0 saturated heterocycles. The van der Waals surface area contributed by atoms with Gasteiger partial charge in [0.2, 0.25) is 6.79 Å². The Morgan fingerprint density at radius 2 is 2.21 bits per heavy atom. The Labute approximate surface area is 87.0 Å². The third-order valence-electron chi connectivity index (χ3n) is 2.18. The number of hydrogen-bond acceptors (Lipinski definition) is 4. The Morgan fingerprint density at radius 3 is 2.86 bits per heavy atom. The van der Waals surface area contributed by atoms with Crippen LogP contribution < -0.4 is 9.47 Å². The molecule has 1 aromatic carbocycles.